The van der Waals surface area contributed by atoms with Crippen LogP contribution in [0.15, 0.2) is 62.9 Å². The smallest absolute Gasteiger partial charge is 0.280 e. The van der Waals surface area contributed by atoms with E-state index >= 15 is 0 Å². The summed E-state index contributed by atoms with van der Waals surface area (Å²) in [5, 5.41) is 10.6. The number of likely N-dealkylation sites (N-methyl/N-ethyl adjacent to an activating group) is 1. The summed E-state index contributed by atoms with van der Waals surface area (Å²) in [7, 11) is -1.63. The minimum absolute atomic E-state index is 0.151. The Morgan fingerprint density at radius 1 is 0.939 bits per heavy atom. The van der Waals surface area contributed by atoms with Crippen LogP contribution in [0.1, 0.15) is 21.5 Å². The number of hydrogen-bond acceptors (Lipinski definition) is 5. The summed E-state index contributed by atoms with van der Waals surface area (Å²) in [6, 6.07) is 13.6. The number of nitrogens with zero attached hydrogens (tertiary/aromatic N) is 3. The number of aromatic nitrogens is 1. The molecular weight excluding hydrogens is 508 g/mol. The van der Waals surface area contributed by atoms with Crippen molar-refractivity contribution in [3.8, 4) is 17.1 Å². The number of hydrogen-bond donors (Lipinski definition) is 2. The first-order valence-electron chi connectivity index (χ1n) is 10.4. The van der Waals surface area contributed by atoms with E-state index in [1.807, 2.05) is 31.3 Å². The maximum atomic E-state index is 13.0. The number of sulfonamides is 1. The fourth-order valence-corrected chi connectivity index (χ4v) is 5.84. The van der Waals surface area contributed by atoms with Crippen molar-refractivity contribution in [2.45, 2.75) is 4.90 Å². The molecule has 2 aliphatic rings. The van der Waals surface area contributed by atoms with Crippen LogP contribution in [0.25, 0.3) is 11.3 Å². The van der Waals surface area contributed by atoms with Crippen molar-refractivity contribution in [3.05, 3.63) is 69.7 Å². The highest BCUT2D eigenvalue weighted by molar-refractivity contribution is 9.10. The second-order valence-electron chi connectivity index (χ2n) is 8.10. The second kappa shape index (κ2) is 8.21. The standard InChI is InChI=1S/C23H21BrN4O4S/c1-27-10-12-28(13-11-27)33(31,32)17-8-4-15(5-9-17)21-19-18(22(29)26-21)20(25-23(19)30)14-2-6-16(24)7-3-14/h2-9,25,30H,10-13H2,1H3. The molecule has 2 aromatic carbocycles. The van der Waals surface area contributed by atoms with Crippen LogP contribution < -0.4 is 0 Å². The topological polar surface area (TPSA) is 106 Å². The van der Waals surface area contributed by atoms with E-state index in [1.165, 1.54) is 16.4 Å². The van der Waals surface area contributed by atoms with Gasteiger partial charge in [0.05, 0.1) is 27.4 Å². The number of amides is 1. The fourth-order valence-electron chi connectivity index (χ4n) is 4.15. The highest BCUT2D eigenvalue weighted by atomic mass is 79.9. The fraction of sp³-hybridized carbons (Fsp3) is 0.217. The molecule has 8 nitrogen and oxygen atoms in total. The molecule has 33 heavy (non-hydrogen) atoms. The number of aliphatic imine (C=N–C) groups is 1. The number of halogens is 1. The summed E-state index contributed by atoms with van der Waals surface area (Å²) in [4.78, 5) is 22.1. The molecule has 3 aromatic rings. The van der Waals surface area contributed by atoms with E-state index in [4.69, 9.17) is 0 Å². The Balaban J connectivity index is 1.47. The van der Waals surface area contributed by atoms with Crippen LogP contribution in [0, 0.1) is 0 Å². The Morgan fingerprint density at radius 3 is 2.18 bits per heavy atom. The zero-order valence-electron chi connectivity index (χ0n) is 17.7. The third kappa shape index (κ3) is 3.82. The Hall–Kier alpha value is -2.79. The van der Waals surface area contributed by atoms with E-state index < -0.39 is 15.9 Å². The van der Waals surface area contributed by atoms with E-state index in [-0.39, 0.29) is 10.8 Å². The molecule has 1 amide bonds. The minimum Gasteiger partial charge on any atom is -0.494 e. The van der Waals surface area contributed by atoms with Gasteiger partial charge in [0.15, 0.2) is 5.88 Å². The van der Waals surface area contributed by atoms with E-state index in [9.17, 15) is 18.3 Å². The molecule has 1 fully saturated rings. The number of aromatic hydroxyl groups is 1. The van der Waals surface area contributed by atoms with Crippen LogP contribution >= 0.6 is 15.9 Å². The molecule has 5 rings (SSSR count). The molecule has 0 aliphatic carbocycles. The number of aromatic amines is 1. The zero-order valence-corrected chi connectivity index (χ0v) is 20.1. The average molecular weight is 529 g/mol. The molecule has 1 aromatic heterocycles. The van der Waals surface area contributed by atoms with E-state index in [2.05, 4.69) is 30.8 Å². The lowest BCUT2D eigenvalue weighted by atomic mass is 10.0. The van der Waals surface area contributed by atoms with Gasteiger partial charge in [-0.3, -0.25) is 4.79 Å². The van der Waals surface area contributed by atoms with Crippen molar-refractivity contribution in [1.29, 1.82) is 0 Å². The summed E-state index contributed by atoms with van der Waals surface area (Å²) >= 11 is 3.39. The molecule has 3 heterocycles. The predicted octanol–water partition coefficient (Wildman–Crippen LogP) is 3.08. The first kappa shape index (κ1) is 22.0. The molecule has 0 radical (unpaired) electrons. The van der Waals surface area contributed by atoms with Gasteiger partial charge in [0.1, 0.15) is 0 Å². The van der Waals surface area contributed by atoms with Crippen LogP contribution in [0.2, 0.25) is 0 Å². The number of rotatable bonds is 4. The van der Waals surface area contributed by atoms with Gasteiger partial charge in [-0.2, -0.15) is 4.31 Å². The van der Waals surface area contributed by atoms with Crippen LogP contribution in [0.4, 0.5) is 0 Å². The van der Waals surface area contributed by atoms with E-state index in [1.54, 1.807) is 12.1 Å². The summed E-state index contributed by atoms with van der Waals surface area (Å²) in [6.07, 6.45) is 0. The quantitative estimate of drug-likeness (QED) is 0.541. The monoisotopic (exact) mass is 528 g/mol. The van der Waals surface area contributed by atoms with Crippen molar-refractivity contribution in [2.24, 2.45) is 4.99 Å². The molecule has 2 N–H and O–H groups in total. The van der Waals surface area contributed by atoms with Gasteiger partial charge in [-0.15, -0.1) is 0 Å². The summed E-state index contributed by atoms with van der Waals surface area (Å²) in [5.41, 5.74) is 2.74. The Morgan fingerprint density at radius 2 is 1.55 bits per heavy atom. The predicted molar refractivity (Wildman–Crippen MR) is 128 cm³/mol. The minimum atomic E-state index is -3.60. The van der Waals surface area contributed by atoms with Crippen LogP contribution in [0.5, 0.6) is 5.88 Å². The van der Waals surface area contributed by atoms with Gasteiger partial charge >= 0.3 is 0 Å². The number of carbonyl (C=O) groups excluding carboxylic acids is 1. The highest BCUT2D eigenvalue weighted by Gasteiger charge is 2.34. The maximum absolute atomic E-state index is 13.0. The van der Waals surface area contributed by atoms with Gasteiger partial charge in [0.25, 0.3) is 5.91 Å². The summed E-state index contributed by atoms with van der Waals surface area (Å²) in [5.74, 6) is -0.606. The Bertz CT molecular complexity index is 1370. The molecule has 170 valence electrons. The number of H-pyrrole nitrogens is 1. The lowest BCUT2D eigenvalue weighted by Gasteiger charge is -2.31. The molecule has 0 spiro atoms. The van der Waals surface area contributed by atoms with E-state index in [0.29, 0.717) is 54.3 Å². The largest absolute Gasteiger partial charge is 0.494 e. The summed E-state index contributed by atoms with van der Waals surface area (Å²) < 4.78 is 28.4. The molecule has 10 heteroatoms. The molecule has 0 unspecified atom stereocenters. The summed E-state index contributed by atoms with van der Waals surface area (Å²) in [6.45, 7) is 2.27. The number of fused-ring (bicyclic) bond motifs is 1. The number of benzene rings is 2. The lowest BCUT2D eigenvalue weighted by Crippen LogP contribution is -2.47. The van der Waals surface area contributed by atoms with Gasteiger partial charge < -0.3 is 15.0 Å². The third-order valence-electron chi connectivity index (χ3n) is 6.00. The lowest BCUT2D eigenvalue weighted by molar-refractivity contribution is 0.101. The number of piperazine rings is 1. The van der Waals surface area contributed by atoms with Gasteiger partial charge in [-0.1, -0.05) is 40.2 Å². The van der Waals surface area contributed by atoms with Crippen molar-refractivity contribution >= 4 is 37.6 Å². The van der Waals surface area contributed by atoms with Gasteiger partial charge in [0.2, 0.25) is 10.0 Å². The normalized spacial score (nSPS) is 17.3. The van der Waals surface area contributed by atoms with Gasteiger partial charge in [-0.05, 0) is 36.9 Å². The average Bonchev–Trinajstić information content (AvgIpc) is 3.33. The maximum Gasteiger partial charge on any atom is 0.280 e. The van der Waals surface area contributed by atoms with Crippen molar-refractivity contribution in [2.75, 3.05) is 33.2 Å². The Labute approximate surface area is 199 Å². The molecule has 0 saturated carbocycles. The van der Waals surface area contributed by atoms with Crippen LogP contribution in [-0.2, 0) is 10.0 Å². The number of nitrogens with one attached hydrogen (secondary N) is 1. The first-order valence-corrected chi connectivity index (χ1v) is 12.6. The molecule has 1 saturated heterocycles. The van der Waals surface area contributed by atoms with E-state index in [0.717, 1.165) is 10.0 Å². The van der Waals surface area contributed by atoms with Gasteiger partial charge in [0, 0.05) is 36.2 Å². The number of carbonyl (C=O) groups is 1. The van der Waals surface area contributed by atoms with Gasteiger partial charge in [-0.25, -0.2) is 13.4 Å². The van der Waals surface area contributed by atoms with Crippen LogP contribution in [-0.4, -0.2) is 72.6 Å². The molecular formula is C23H21BrN4O4S. The zero-order chi connectivity index (χ0) is 23.3. The molecule has 0 bridgehead atoms. The van der Waals surface area contributed by atoms with Crippen molar-refractivity contribution in [3.63, 3.8) is 0 Å². The highest BCUT2D eigenvalue weighted by Crippen LogP contribution is 2.38. The van der Waals surface area contributed by atoms with Crippen LogP contribution in [0.3, 0.4) is 0 Å². The second-order valence-corrected chi connectivity index (χ2v) is 11.0. The Kier molecular flexibility index (Phi) is 5.48. The molecule has 0 atom stereocenters. The van der Waals surface area contributed by atoms with Crippen molar-refractivity contribution < 1.29 is 18.3 Å². The SMILES string of the molecule is CN1CCN(S(=O)(=O)c2ccc(C3=NC(=O)c4c(-c5ccc(Br)cc5)[nH]c(O)c43)cc2)CC1. The first-order chi connectivity index (χ1) is 15.8. The molecule has 2 aliphatic heterocycles. The van der Waals surface area contributed by atoms with Crippen molar-refractivity contribution in [1.82, 2.24) is 14.2 Å². The third-order valence-corrected chi connectivity index (χ3v) is 8.45.